The highest BCUT2D eigenvalue weighted by Gasteiger charge is 2.42. The molecule has 8 heteroatoms. The maximum atomic E-state index is 11.8. The molecule has 1 N–H and O–H groups in total. The van der Waals surface area contributed by atoms with Gasteiger partial charge in [0.1, 0.15) is 0 Å². The minimum absolute atomic E-state index is 0.0229. The first-order valence-corrected chi connectivity index (χ1v) is 8.75. The van der Waals surface area contributed by atoms with Gasteiger partial charge in [0.25, 0.3) is 0 Å². The average molecular weight is 341 g/mol. The lowest BCUT2D eigenvalue weighted by Gasteiger charge is -2.49. The molecular weight excluding hydrogens is 318 g/mol. The SMILES string of the molecule is CN1CCN(c2nnnn2-c2ccccc2)C[C@]12CCNC(=O)CC2. The Labute approximate surface area is 146 Å². The van der Waals surface area contributed by atoms with Crippen molar-refractivity contribution in [1.82, 2.24) is 30.4 Å². The third kappa shape index (κ3) is 2.97. The highest BCUT2D eigenvalue weighted by atomic mass is 16.1. The standard InChI is InChI=1S/C17H23N7O/c1-22-11-12-23(13-17(22)8-7-15(25)18-10-9-17)16-19-20-21-24(16)14-5-3-2-4-6-14/h2-6H,7-13H2,1H3,(H,18,25)/t17-/m0/s1. The van der Waals surface area contributed by atoms with Crippen molar-refractivity contribution in [3.8, 4) is 5.69 Å². The van der Waals surface area contributed by atoms with Crippen molar-refractivity contribution in [1.29, 1.82) is 0 Å². The predicted octanol–water partition coefficient (Wildman–Crippen LogP) is 0.453. The Bertz CT molecular complexity index is 746. The number of nitrogens with one attached hydrogen (secondary N) is 1. The van der Waals surface area contributed by atoms with E-state index in [1.807, 2.05) is 30.3 Å². The number of hydrogen-bond acceptors (Lipinski definition) is 6. The van der Waals surface area contributed by atoms with Crippen LogP contribution in [0.15, 0.2) is 30.3 Å². The van der Waals surface area contributed by atoms with Gasteiger partial charge in [-0.1, -0.05) is 23.3 Å². The van der Waals surface area contributed by atoms with Crippen molar-refractivity contribution in [2.45, 2.75) is 24.8 Å². The molecule has 0 radical (unpaired) electrons. The Morgan fingerprint density at radius 3 is 2.84 bits per heavy atom. The molecule has 4 rings (SSSR count). The second-order valence-corrected chi connectivity index (χ2v) is 6.89. The smallest absolute Gasteiger partial charge is 0.250 e. The number of aromatic nitrogens is 4. The normalized spacial score (nSPS) is 25.0. The van der Waals surface area contributed by atoms with E-state index in [0.29, 0.717) is 6.42 Å². The first-order chi connectivity index (χ1) is 12.2. The van der Waals surface area contributed by atoms with Gasteiger partial charge in [0.15, 0.2) is 0 Å². The zero-order valence-corrected chi connectivity index (χ0v) is 14.4. The Morgan fingerprint density at radius 1 is 1.16 bits per heavy atom. The van der Waals surface area contributed by atoms with Crippen LogP contribution in [0.25, 0.3) is 5.69 Å². The lowest BCUT2D eigenvalue weighted by molar-refractivity contribution is -0.120. The highest BCUT2D eigenvalue weighted by Crippen LogP contribution is 2.32. The van der Waals surface area contributed by atoms with Gasteiger partial charge in [-0.05, 0) is 42.4 Å². The van der Waals surface area contributed by atoms with Gasteiger partial charge in [0.05, 0.1) is 5.69 Å². The van der Waals surface area contributed by atoms with Crippen LogP contribution in [0.5, 0.6) is 0 Å². The van der Waals surface area contributed by atoms with Crippen LogP contribution in [0.2, 0.25) is 0 Å². The Balaban J connectivity index is 1.62. The van der Waals surface area contributed by atoms with Gasteiger partial charge in [-0.3, -0.25) is 9.69 Å². The van der Waals surface area contributed by atoms with Crippen molar-refractivity contribution < 1.29 is 4.79 Å². The molecule has 0 bridgehead atoms. The molecule has 2 aliphatic heterocycles. The summed E-state index contributed by atoms with van der Waals surface area (Å²) in [5, 5.41) is 15.4. The Morgan fingerprint density at radius 2 is 2.00 bits per heavy atom. The third-order valence-electron chi connectivity index (χ3n) is 5.47. The average Bonchev–Trinajstić information content (AvgIpc) is 3.05. The number of carbonyl (C=O) groups excluding carboxylic acids is 1. The number of amides is 1. The number of benzene rings is 1. The third-order valence-corrected chi connectivity index (χ3v) is 5.47. The van der Waals surface area contributed by atoms with Gasteiger partial charge in [0, 0.05) is 38.1 Å². The zero-order valence-electron chi connectivity index (χ0n) is 14.4. The molecule has 1 aromatic heterocycles. The largest absolute Gasteiger partial charge is 0.356 e. The van der Waals surface area contributed by atoms with E-state index >= 15 is 0 Å². The summed E-state index contributed by atoms with van der Waals surface area (Å²) in [5.41, 5.74) is 0.929. The summed E-state index contributed by atoms with van der Waals surface area (Å²) in [6.07, 6.45) is 2.37. The number of carbonyl (C=O) groups is 1. The fourth-order valence-corrected chi connectivity index (χ4v) is 3.88. The van der Waals surface area contributed by atoms with Gasteiger partial charge in [-0.2, -0.15) is 4.68 Å². The van der Waals surface area contributed by atoms with E-state index in [1.165, 1.54) is 0 Å². The number of anilines is 1. The van der Waals surface area contributed by atoms with Crippen LogP contribution in [-0.2, 0) is 4.79 Å². The Hall–Kier alpha value is -2.48. The van der Waals surface area contributed by atoms with E-state index in [4.69, 9.17) is 0 Å². The van der Waals surface area contributed by atoms with Gasteiger partial charge in [-0.25, -0.2) is 0 Å². The van der Waals surface area contributed by atoms with Gasteiger partial charge in [0.2, 0.25) is 11.9 Å². The number of para-hydroxylation sites is 1. The predicted molar refractivity (Wildman–Crippen MR) is 93.6 cm³/mol. The van der Waals surface area contributed by atoms with E-state index in [-0.39, 0.29) is 11.4 Å². The number of rotatable bonds is 2. The molecule has 1 aromatic carbocycles. The molecule has 2 aliphatic rings. The van der Waals surface area contributed by atoms with Crippen molar-refractivity contribution in [2.75, 3.05) is 38.1 Å². The molecule has 1 spiro atoms. The second kappa shape index (κ2) is 6.44. The van der Waals surface area contributed by atoms with E-state index in [2.05, 4.69) is 37.7 Å². The maximum absolute atomic E-state index is 11.8. The van der Waals surface area contributed by atoms with Crippen LogP contribution in [0.1, 0.15) is 19.3 Å². The molecule has 2 aromatic rings. The summed E-state index contributed by atoms with van der Waals surface area (Å²) in [5.74, 6) is 0.915. The number of piperazine rings is 1. The van der Waals surface area contributed by atoms with Crippen molar-refractivity contribution in [3.63, 3.8) is 0 Å². The van der Waals surface area contributed by atoms with Crippen LogP contribution in [0.4, 0.5) is 5.95 Å². The molecule has 2 saturated heterocycles. The quantitative estimate of drug-likeness (QED) is 0.855. The number of nitrogens with zero attached hydrogens (tertiary/aromatic N) is 6. The zero-order chi connectivity index (χ0) is 17.3. The number of tetrazole rings is 1. The van der Waals surface area contributed by atoms with Gasteiger partial charge >= 0.3 is 0 Å². The summed E-state index contributed by atoms with van der Waals surface area (Å²) in [4.78, 5) is 16.4. The number of likely N-dealkylation sites (N-methyl/N-ethyl adjacent to an activating group) is 1. The molecule has 132 valence electrons. The van der Waals surface area contributed by atoms with Crippen LogP contribution in [0.3, 0.4) is 0 Å². The summed E-state index contributed by atoms with van der Waals surface area (Å²) >= 11 is 0. The second-order valence-electron chi connectivity index (χ2n) is 6.89. The van der Waals surface area contributed by atoms with E-state index in [9.17, 15) is 4.79 Å². The molecule has 8 nitrogen and oxygen atoms in total. The first kappa shape index (κ1) is 16.0. The molecule has 1 amide bonds. The molecule has 0 unspecified atom stereocenters. The van der Waals surface area contributed by atoms with Gasteiger partial charge < -0.3 is 10.2 Å². The van der Waals surface area contributed by atoms with E-state index < -0.39 is 0 Å². The summed E-state index contributed by atoms with van der Waals surface area (Å²) in [6.45, 7) is 3.34. The summed E-state index contributed by atoms with van der Waals surface area (Å²) < 4.78 is 1.79. The fourth-order valence-electron chi connectivity index (χ4n) is 3.88. The maximum Gasteiger partial charge on any atom is 0.250 e. The van der Waals surface area contributed by atoms with Crippen LogP contribution >= 0.6 is 0 Å². The molecule has 25 heavy (non-hydrogen) atoms. The molecule has 0 saturated carbocycles. The molecule has 2 fully saturated rings. The molecule has 1 atom stereocenters. The van der Waals surface area contributed by atoms with Crippen molar-refractivity contribution in [3.05, 3.63) is 30.3 Å². The van der Waals surface area contributed by atoms with E-state index in [1.54, 1.807) is 4.68 Å². The topological polar surface area (TPSA) is 79.2 Å². The van der Waals surface area contributed by atoms with Crippen molar-refractivity contribution in [2.24, 2.45) is 0 Å². The lowest BCUT2D eigenvalue weighted by atomic mass is 9.86. The van der Waals surface area contributed by atoms with E-state index in [0.717, 1.165) is 50.7 Å². The minimum atomic E-state index is -0.0229. The summed E-state index contributed by atoms with van der Waals surface area (Å²) in [7, 11) is 2.16. The number of hydrogen-bond donors (Lipinski definition) is 1. The highest BCUT2D eigenvalue weighted by molar-refractivity contribution is 5.76. The van der Waals surface area contributed by atoms with Gasteiger partial charge in [-0.15, -0.1) is 0 Å². The van der Waals surface area contributed by atoms with Crippen LogP contribution < -0.4 is 10.2 Å². The molecule has 0 aliphatic carbocycles. The summed E-state index contributed by atoms with van der Waals surface area (Å²) in [6, 6.07) is 9.94. The van der Waals surface area contributed by atoms with Crippen LogP contribution in [-0.4, -0.2) is 69.8 Å². The van der Waals surface area contributed by atoms with Crippen LogP contribution in [0, 0.1) is 0 Å². The molecular formula is C17H23N7O. The monoisotopic (exact) mass is 341 g/mol. The fraction of sp³-hybridized carbons (Fsp3) is 0.529. The first-order valence-electron chi connectivity index (χ1n) is 8.75. The minimum Gasteiger partial charge on any atom is -0.356 e. The Kier molecular flexibility index (Phi) is 4.12. The van der Waals surface area contributed by atoms with Crippen molar-refractivity contribution >= 4 is 11.9 Å². The lowest BCUT2D eigenvalue weighted by Crippen LogP contribution is -2.61. The molecule has 3 heterocycles.